The van der Waals surface area contributed by atoms with Crippen LogP contribution in [0.2, 0.25) is 0 Å². The third kappa shape index (κ3) is 3.90. The maximum Gasteiger partial charge on any atom is -0.0257 e. The van der Waals surface area contributed by atoms with E-state index >= 15 is 0 Å². The lowest BCUT2D eigenvalue weighted by Crippen LogP contribution is -1.67. The number of benzene rings is 1. The molecule has 0 amide bonds. The average molecular weight is 184 g/mol. The van der Waals surface area contributed by atoms with Crippen molar-refractivity contribution in [2.24, 2.45) is 0 Å². The normalized spacial score (nSPS) is 12.9. The van der Waals surface area contributed by atoms with Crippen molar-refractivity contribution < 1.29 is 0 Å². The van der Waals surface area contributed by atoms with Crippen molar-refractivity contribution in [3.05, 3.63) is 65.8 Å². The van der Waals surface area contributed by atoms with Crippen LogP contribution < -0.4 is 0 Å². The van der Waals surface area contributed by atoms with Crippen LogP contribution in [0.4, 0.5) is 0 Å². The molecule has 0 nitrogen and oxygen atoms in total. The van der Waals surface area contributed by atoms with Gasteiger partial charge in [-0.3, -0.25) is 0 Å². The molecular formula is C14H16. The molecule has 14 heavy (non-hydrogen) atoms. The summed E-state index contributed by atoms with van der Waals surface area (Å²) in [6.45, 7) is 4.13. The second kappa shape index (κ2) is 5.98. The molecule has 1 aromatic carbocycles. The Hall–Kier alpha value is -1.56. The Balaban J connectivity index is 2.54. The zero-order valence-corrected chi connectivity index (χ0v) is 8.77. The summed E-state index contributed by atoms with van der Waals surface area (Å²) in [4.78, 5) is 0. The highest BCUT2D eigenvalue weighted by atomic mass is 13.9. The Morgan fingerprint density at radius 1 is 1.07 bits per heavy atom. The SMILES string of the molecule is C/C=C(C)/C=C/C=C/c1ccccc1. The molecule has 0 aromatic heterocycles. The van der Waals surface area contributed by atoms with Crippen LogP contribution in [0, 0.1) is 0 Å². The van der Waals surface area contributed by atoms with Crippen LogP contribution in [0.25, 0.3) is 6.08 Å². The van der Waals surface area contributed by atoms with E-state index in [1.807, 2.05) is 25.1 Å². The average Bonchev–Trinajstić information content (AvgIpc) is 2.25. The Morgan fingerprint density at radius 3 is 2.43 bits per heavy atom. The number of hydrogen-bond donors (Lipinski definition) is 0. The molecule has 1 aromatic rings. The van der Waals surface area contributed by atoms with E-state index < -0.39 is 0 Å². The van der Waals surface area contributed by atoms with Gasteiger partial charge < -0.3 is 0 Å². The van der Waals surface area contributed by atoms with Gasteiger partial charge in [0.1, 0.15) is 0 Å². The maximum absolute atomic E-state index is 2.10. The minimum absolute atomic E-state index is 1.23. The second-order valence-corrected chi connectivity index (χ2v) is 3.16. The quantitative estimate of drug-likeness (QED) is 0.617. The van der Waals surface area contributed by atoms with Crippen LogP contribution in [0.15, 0.2) is 60.2 Å². The smallest absolute Gasteiger partial charge is 0.0257 e. The summed E-state index contributed by atoms with van der Waals surface area (Å²) in [5, 5.41) is 0. The lowest BCUT2D eigenvalue weighted by Gasteiger charge is -1.89. The van der Waals surface area contributed by atoms with Crippen molar-refractivity contribution in [2.45, 2.75) is 13.8 Å². The van der Waals surface area contributed by atoms with Gasteiger partial charge >= 0.3 is 0 Å². The summed E-state index contributed by atoms with van der Waals surface area (Å²) in [5.74, 6) is 0. The number of rotatable bonds is 3. The minimum atomic E-state index is 1.23. The van der Waals surface area contributed by atoms with Crippen LogP contribution in [-0.2, 0) is 0 Å². The van der Waals surface area contributed by atoms with Gasteiger partial charge in [-0.1, -0.05) is 66.3 Å². The molecule has 72 valence electrons. The molecule has 0 radical (unpaired) electrons. The molecule has 0 aliphatic rings. The number of hydrogen-bond acceptors (Lipinski definition) is 0. The Bertz CT molecular complexity index is 340. The van der Waals surface area contributed by atoms with Gasteiger partial charge in [-0.2, -0.15) is 0 Å². The molecule has 0 N–H and O–H groups in total. The Labute approximate surface area is 86.3 Å². The maximum atomic E-state index is 2.10. The van der Waals surface area contributed by atoms with Gasteiger partial charge in [-0.25, -0.2) is 0 Å². The number of allylic oxidation sites excluding steroid dienone is 5. The summed E-state index contributed by atoms with van der Waals surface area (Å²) in [6, 6.07) is 10.3. The highest BCUT2D eigenvalue weighted by molar-refractivity contribution is 5.50. The summed E-state index contributed by atoms with van der Waals surface area (Å²) >= 11 is 0. The van der Waals surface area contributed by atoms with E-state index in [-0.39, 0.29) is 0 Å². The molecule has 0 aliphatic heterocycles. The summed E-state index contributed by atoms with van der Waals surface area (Å²) < 4.78 is 0. The van der Waals surface area contributed by atoms with Crippen molar-refractivity contribution in [1.82, 2.24) is 0 Å². The molecule has 0 atom stereocenters. The van der Waals surface area contributed by atoms with Gasteiger partial charge in [-0.15, -0.1) is 0 Å². The molecule has 0 aliphatic carbocycles. The van der Waals surface area contributed by atoms with Crippen LogP contribution in [-0.4, -0.2) is 0 Å². The van der Waals surface area contributed by atoms with E-state index in [1.54, 1.807) is 0 Å². The zero-order valence-electron chi connectivity index (χ0n) is 8.77. The van der Waals surface area contributed by atoms with Crippen molar-refractivity contribution >= 4 is 6.08 Å². The predicted molar refractivity (Wildman–Crippen MR) is 64.0 cm³/mol. The van der Waals surface area contributed by atoms with Gasteiger partial charge in [0.2, 0.25) is 0 Å². The first-order valence-corrected chi connectivity index (χ1v) is 4.85. The molecule has 0 unspecified atom stereocenters. The van der Waals surface area contributed by atoms with Gasteiger partial charge in [0.05, 0.1) is 0 Å². The van der Waals surface area contributed by atoms with Crippen LogP contribution >= 0.6 is 0 Å². The Morgan fingerprint density at radius 2 is 1.79 bits per heavy atom. The predicted octanol–water partition coefficient (Wildman–Crippen LogP) is 4.22. The molecule has 0 saturated heterocycles. The molecular weight excluding hydrogens is 168 g/mol. The fourth-order valence-corrected chi connectivity index (χ4v) is 1.03. The van der Waals surface area contributed by atoms with Crippen molar-refractivity contribution in [3.63, 3.8) is 0 Å². The third-order valence-electron chi connectivity index (χ3n) is 2.01. The van der Waals surface area contributed by atoms with Crippen LogP contribution in [0.1, 0.15) is 19.4 Å². The standard InChI is InChI=1S/C14H16/c1-3-13(2)9-7-8-12-14-10-5-4-6-11-14/h3-12H,1-2H3/b9-7+,12-8+,13-3+. The topological polar surface area (TPSA) is 0 Å². The fourth-order valence-electron chi connectivity index (χ4n) is 1.03. The lowest BCUT2D eigenvalue weighted by molar-refractivity contribution is 1.48. The molecule has 0 heterocycles. The lowest BCUT2D eigenvalue weighted by atomic mass is 10.2. The third-order valence-corrected chi connectivity index (χ3v) is 2.01. The molecule has 0 bridgehead atoms. The first-order valence-electron chi connectivity index (χ1n) is 4.85. The van der Waals surface area contributed by atoms with Gasteiger partial charge in [0.15, 0.2) is 0 Å². The molecule has 0 saturated carbocycles. The highest BCUT2D eigenvalue weighted by Crippen LogP contribution is 2.01. The molecule has 1 rings (SSSR count). The van der Waals surface area contributed by atoms with E-state index in [0.717, 1.165) is 0 Å². The highest BCUT2D eigenvalue weighted by Gasteiger charge is 1.79. The molecule has 0 heteroatoms. The van der Waals surface area contributed by atoms with Gasteiger partial charge in [0.25, 0.3) is 0 Å². The van der Waals surface area contributed by atoms with E-state index in [0.29, 0.717) is 0 Å². The van der Waals surface area contributed by atoms with E-state index in [1.165, 1.54) is 11.1 Å². The minimum Gasteiger partial charge on any atom is -0.0847 e. The second-order valence-electron chi connectivity index (χ2n) is 3.16. The van der Waals surface area contributed by atoms with E-state index in [9.17, 15) is 0 Å². The van der Waals surface area contributed by atoms with Crippen molar-refractivity contribution in [3.8, 4) is 0 Å². The zero-order chi connectivity index (χ0) is 10.2. The molecule has 0 fully saturated rings. The monoisotopic (exact) mass is 184 g/mol. The van der Waals surface area contributed by atoms with Gasteiger partial charge in [0, 0.05) is 0 Å². The summed E-state index contributed by atoms with van der Waals surface area (Å²) in [5.41, 5.74) is 2.51. The summed E-state index contributed by atoms with van der Waals surface area (Å²) in [7, 11) is 0. The van der Waals surface area contributed by atoms with Crippen LogP contribution in [0.3, 0.4) is 0 Å². The first kappa shape index (κ1) is 10.5. The Kier molecular flexibility index (Phi) is 4.49. The van der Waals surface area contributed by atoms with Crippen LogP contribution in [0.5, 0.6) is 0 Å². The largest absolute Gasteiger partial charge is 0.0847 e. The van der Waals surface area contributed by atoms with E-state index in [4.69, 9.17) is 0 Å². The van der Waals surface area contributed by atoms with Crippen molar-refractivity contribution in [2.75, 3.05) is 0 Å². The van der Waals surface area contributed by atoms with E-state index in [2.05, 4.69) is 49.4 Å². The molecule has 0 spiro atoms. The fraction of sp³-hybridized carbons (Fsp3) is 0.143. The van der Waals surface area contributed by atoms with Gasteiger partial charge in [-0.05, 0) is 19.4 Å². The van der Waals surface area contributed by atoms with Crippen molar-refractivity contribution in [1.29, 1.82) is 0 Å². The summed E-state index contributed by atoms with van der Waals surface area (Å²) in [6.07, 6.45) is 10.4. The first-order chi connectivity index (χ1) is 6.83.